The lowest BCUT2D eigenvalue weighted by Crippen LogP contribution is -1.95. The molecule has 0 aliphatic carbocycles. The molecule has 0 amide bonds. The number of aromatic nitrogens is 4. The number of nitrogens with zero attached hydrogens (tertiary/aromatic N) is 4. The summed E-state index contributed by atoms with van der Waals surface area (Å²) in [4.78, 5) is 20.9. The Morgan fingerprint density at radius 3 is 1.21 bits per heavy atom. The van der Waals surface area contributed by atoms with Crippen LogP contribution in [0.4, 0.5) is 0 Å². The SMILES string of the molecule is c1ccc(-c2ccc(-c3nc4ccccc4nc3-c3ccc4c(ccc5ccc6c(ccc7sc8ccccc8c76)c54)c3)cc2)cc1.c1ccc2nc(-c3ccc4c(c3)sc3ccccc34)c(-c3ccc4c(ccc5ccc6c(ccc7oc8ccccc8c76)c54)c3)nc2c1. The minimum absolute atomic E-state index is 0.889. The van der Waals surface area contributed by atoms with Crippen LogP contribution in [0.5, 0.6) is 0 Å². The van der Waals surface area contributed by atoms with Gasteiger partial charge in [-0.3, -0.25) is 0 Å². The molecule has 0 fully saturated rings. The fraction of sp³-hybridized carbons (Fsp3) is 0. The van der Waals surface area contributed by atoms with Crippen LogP contribution in [0.3, 0.4) is 0 Å². The van der Waals surface area contributed by atoms with E-state index in [0.29, 0.717) is 0 Å². The van der Waals surface area contributed by atoms with E-state index in [1.807, 2.05) is 89.4 Å². The summed E-state index contributed by atoms with van der Waals surface area (Å²) in [6.45, 7) is 0. The van der Waals surface area contributed by atoms with Crippen molar-refractivity contribution in [3.8, 4) is 56.2 Å². The molecular formula is C88H50N4OS2. The first-order valence-electron chi connectivity index (χ1n) is 32.1. The van der Waals surface area contributed by atoms with Gasteiger partial charge in [-0.05, 0) is 155 Å². The summed E-state index contributed by atoms with van der Waals surface area (Å²) in [5.41, 5.74) is 15.6. The van der Waals surface area contributed by atoms with Gasteiger partial charge in [-0.1, -0.05) is 224 Å². The first kappa shape index (κ1) is 53.6. The van der Waals surface area contributed by atoms with Crippen LogP contribution in [-0.2, 0) is 0 Å². The minimum Gasteiger partial charge on any atom is -0.456 e. The number of thiophene rings is 2. The molecule has 7 heteroatoms. The third kappa shape index (κ3) is 8.67. The Morgan fingerprint density at radius 2 is 0.589 bits per heavy atom. The van der Waals surface area contributed by atoms with Crippen molar-refractivity contribution in [3.63, 3.8) is 0 Å². The Morgan fingerprint density at radius 1 is 0.200 bits per heavy atom. The highest BCUT2D eigenvalue weighted by Gasteiger charge is 2.21. The Hall–Kier alpha value is -12.0. The van der Waals surface area contributed by atoms with Crippen molar-refractivity contribution in [2.24, 2.45) is 0 Å². The number of hydrogen-bond donors (Lipinski definition) is 0. The van der Waals surface area contributed by atoms with Gasteiger partial charge in [0.15, 0.2) is 0 Å². The molecule has 0 N–H and O–H groups in total. The van der Waals surface area contributed by atoms with Crippen molar-refractivity contribution in [2.45, 2.75) is 0 Å². The highest BCUT2D eigenvalue weighted by molar-refractivity contribution is 7.26. The molecule has 5 heterocycles. The van der Waals surface area contributed by atoms with Crippen LogP contribution in [0.2, 0.25) is 0 Å². The maximum absolute atomic E-state index is 6.23. The number of rotatable bonds is 5. The van der Waals surface area contributed by atoms with Gasteiger partial charge in [0.1, 0.15) is 11.2 Å². The number of fused-ring (bicyclic) bond motifs is 23. The van der Waals surface area contributed by atoms with Gasteiger partial charge in [-0.2, -0.15) is 0 Å². The van der Waals surface area contributed by atoms with Gasteiger partial charge in [0.05, 0.1) is 44.8 Å². The number of benzene rings is 16. The Bertz CT molecular complexity index is 6790. The molecule has 0 aliphatic heterocycles. The maximum atomic E-state index is 6.23. The van der Waals surface area contributed by atoms with Gasteiger partial charge < -0.3 is 4.42 Å². The molecule has 0 aliphatic rings. The first-order chi connectivity index (χ1) is 47.0. The van der Waals surface area contributed by atoms with E-state index < -0.39 is 0 Å². The summed E-state index contributed by atoms with van der Waals surface area (Å²) < 4.78 is 11.4. The molecule has 21 aromatic rings. The lowest BCUT2D eigenvalue weighted by atomic mass is 9.93. The fourth-order valence-electron chi connectivity index (χ4n) is 14.8. The Kier molecular flexibility index (Phi) is 12.0. The molecule has 0 saturated heterocycles. The summed E-state index contributed by atoms with van der Waals surface area (Å²) >= 11 is 3.70. The lowest BCUT2D eigenvalue weighted by Gasteiger charge is -2.13. The maximum Gasteiger partial charge on any atom is 0.136 e. The van der Waals surface area contributed by atoms with Crippen molar-refractivity contribution >= 4 is 172 Å². The monoisotopic (exact) mass is 1240 g/mol. The van der Waals surface area contributed by atoms with Crippen molar-refractivity contribution in [3.05, 3.63) is 303 Å². The Balaban J connectivity index is 0.000000130. The molecule has 0 saturated carbocycles. The van der Waals surface area contributed by atoms with Crippen LogP contribution in [0.1, 0.15) is 0 Å². The van der Waals surface area contributed by atoms with E-state index in [4.69, 9.17) is 24.4 Å². The highest BCUT2D eigenvalue weighted by atomic mass is 32.1. The molecule has 0 bridgehead atoms. The quantitative estimate of drug-likeness (QED) is 0.161. The summed E-state index contributed by atoms with van der Waals surface area (Å²) in [6, 6.07) is 108. The normalized spacial score (nSPS) is 12.0. The predicted octanol–water partition coefficient (Wildman–Crippen LogP) is 25.1. The van der Waals surface area contributed by atoms with Gasteiger partial charge >= 0.3 is 0 Å². The van der Waals surface area contributed by atoms with Crippen LogP contribution in [-0.4, -0.2) is 19.9 Å². The van der Waals surface area contributed by atoms with E-state index in [1.54, 1.807) is 0 Å². The number of para-hydroxylation sites is 5. The van der Waals surface area contributed by atoms with E-state index in [-0.39, 0.29) is 0 Å². The van der Waals surface area contributed by atoms with Crippen LogP contribution >= 0.6 is 22.7 Å². The van der Waals surface area contributed by atoms with E-state index in [9.17, 15) is 0 Å². The number of furan rings is 1. The van der Waals surface area contributed by atoms with Gasteiger partial charge in [0.25, 0.3) is 0 Å². The predicted molar refractivity (Wildman–Crippen MR) is 404 cm³/mol. The molecule has 0 spiro atoms. The van der Waals surface area contributed by atoms with Crippen molar-refractivity contribution < 1.29 is 4.42 Å². The van der Waals surface area contributed by atoms with E-state index in [0.717, 1.165) is 83.6 Å². The Labute approximate surface area is 551 Å². The first-order valence-corrected chi connectivity index (χ1v) is 33.7. The van der Waals surface area contributed by atoms with Crippen LogP contribution in [0, 0.1) is 0 Å². The van der Waals surface area contributed by atoms with E-state index in [2.05, 4.69) is 237 Å². The second-order valence-electron chi connectivity index (χ2n) is 24.7. The summed E-state index contributed by atoms with van der Waals surface area (Å²) in [5, 5.41) is 22.5. The van der Waals surface area contributed by atoms with E-state index >= 15 is 0 Å². The van der Waals surface area contributed by atoms with Crippen molar-refractivity contribution in [1.82, 2.24) is 19.9 Å². The zero-order valence-corrected chi connectivity index (χ0v) is 52.5. The van der Waals surface area contributed by atoms with Crippen LogP contribution < -0.4 is 0 Å². The second-order valence-corrected chi connectivity index (χ2v) is 26.8. The van der Waals surface area contributed by atoms with Gasteiger partial charge in [-0.15, -0.1) is 22.7 Å². The molecule has 0 radical (unpaired) electrons. The average Bonchev–Trinajstić information content (AvgIpc) is 1.73. The van der Waals surface area contributed by atoms with Gasteiger partial charge in [-0.25, -0.2) is 19.9 Å². The third-order valence-electron chi connectivity index (χ3n) is 19.3. The fourth-order valence-corrected chi connectivity index (χ4v) is 17.1. The van der Waals surface area contributed by atoms with E-state index in [1.165, 1.54) is 121 Å². The van der Waals surface area contributed by atoms with Gasteiger partial charge in [0.2, 0.25) is 0 Å². The lowest BCUT2D eigenvalue weighted by molar-refractivity contribution is 0.669. The molecule has 16 aromatic carbocycles. The zero-order valence-electron chi connectivity index (χ0n) is 50.9. The zero-order chi connectivity index (χ0) is 62.2. The molecule has 95 heavy (non-hydrogen) atoms. The standard InChI is InChI=1S/C44H24N2OS.C44H26N2S/c1-5-11-37-34(8-1)42-33-20-15-25-13-14-26-23-27(16-18-29(26)41(25)32(33)21-22-38(42)47-37)43-44(46-36-10-4-3-9-35(36)45-43)28-17-19-31-30-7-2-6-12-39(30)48-40(31)24-28;1-2-8-27(9-3-1)28-14-17-30(18-15-28)43-44(46-38-12-6-5-11-37(38)45-43)32-21-22-33-31(26-32)19-16-29-20-23-35-34(41(29)33)24-25-40-42(35)36-10-4-7-13-39(36)47-40/h1-24H;1-26H. The largest absolute Gasteiger partial charge is 0.456 e. The summed E-state index contributed by atoms with van der Waals surface area (Å²) in [7, 11) is 0. The molecule has 0 atom stereocenters. The molecule has 440 valence electrons. The summed E-state index contributed by atoms with van der Waals surface area (Å²) in [6.07, 6.45) is 0. The second kappa shape index (κ2) is 21.3. The molecule has 0 unspecified atom stereocenters. The summed E-state index contributed by atoms with van der Waals surface area (Å²) in [5.74, 6) is 0. The highest BCUT2D eigenvalue weighted by Crippen LogP contribution is 2.46. The molecular weight excluding hydrogens is 1190 g/mol. The molecule has 21 rings (SSSR count). The van der Waals surface area contributed by atoms with Crippen LogP contribution in [0.15, 0.2) is 308 Å². The molecule has 5 aromatic heterocycles. The number of hydrogen-bond acceptors (Lipinski definition) is 7. The molecule has 5 nitrogen and oxygen atoms in total. The smallest absolute Gasteiger partial charge is 0.136 e. The van der Waals surface area contributed by atoms with Gasteiger partial charge in [0, 0.05) is 73.4 Å². The topological polar surface area (TPSA) is 64.7 Å². The van der Waals surface area contributed by atoms with Crippen molar-refractivity contribution in [2.75, 3.05) is 0 Å². The third-order valence-corrected chi connectivity index (χ3v) is 21.5. The average molecular weight is 1240 g/mol. The van der Waals surface area contributed by atoms with Crippen LogP contribution in [0.25, 0.3) is 205 Å². The van der Waals surface area contributed by atoms with Crippen molar-refractivity contribution in [1.29, 1.82) is 0 Å². The minimum atomic E-state index is 0.889.